The van der Waals surface area contributed by atoms with Crippen molar-refractivity contribution in [1.82, 2.24) is 18.9 Å². The molecule has 0 spiro atoms. The van der Waals surface area contributed by atoms with Crippen LogP contribution >= 0.6 is 0 Å². The number of anilines is 1. The van der Waals surface area contributed by atoms with Crippen molar-refractivity contribution in [2.75, 3.05) is 44.7 Å². The van der Waals surface area contributed by atoms with Crippen LogP contribution in [0.15, 0.2) is 46.1 Å². The molecule has 6 rings (SSSR count). The average Bonchev–Trinajstić information content (AvgIpc) is 2.90. The highest BCUT2D eigenvalue weighted by molar-refractivity contribution is 5.98. The predicted molar refractivity (Wildman–Crippen MR) is 141 cm³/mol. The van der Waals surface area contributed by atoms with Crippen LogP contribution in [0.1, 0.15) is 41.7 Å². The van der Waals surface area contributed by atoms with E-state index in [1.807, 2.05) is 29.5 Å². The summed E-state index contributed by atoms with van der Waals surface area (Å²) in [6.45, 7) is 6.57. The minimum absolute atomic E-state index is 0.0609. The van der Waals surface area contributed by atoms with E-state index in [1.165, 1.54) is 6.07 Å². The van der Waals surface area contributed by atoms with Crippen molar-refractivity contribution in [2.24, 2.45) is 0 Å². The number of hydrogen-bond donors (Lipinski definition) is 0. The first-order valence-corrected chi connectivity index (χ1v) is 13.2. The van der Waals surface area contributed by atoms with Gasteiger partial charge < -0.3 is 23.8 Å². The molecule has 8 nitrogen and oxygen atoms in total. The van der Waals surface area contributed by atoms with Crippen LogP contribution in [0.5, 0.6) is 0 Å². The molecule has 2 atom stereocenters. The Kier molecular flexibility index (Phi) is 5.90. The molecule has 2 fully saturated rings. The normalized spacial score (nSPS) is 21.8. The molecule has 0 N–H and O–H groups in total. The molecule has 1 amide bonds. The van der Waals surface area contributed by atoms with Gasteiger partial charge in [-0.25, -0.2) is 4.39 Å². The number of aromatic nitrogens is 2. The molecular formula is C28H32FN5O3. The molecule has 0 unspecified atom stereocenters. The second kappa shape index (κ2) is 9.13. The lowest BCUT2D eigenvalue weighted by Crippen LogP contribution is -2.53. The third kappa shape index (κ3) is 3.96. The van der Waals surface area contributed by atoms with Crippen LogP contribution in [-0.4, -0.2) is 70.7 Å². The fraction of sp³-hybridized carbons (Fsp3) is 0.464. The number of aryl methyl sites for hydroxylation is 1. The van der Waals surface area contributed by atoms with Crippen LogP contribution in [-0.2, 0) is 13.1 Å². The Bertz CT molecular complexity index is 1500. The number of fused-ring (bicyclic) bond motifs is 5. The fourth-order valence-electron chi connectivity index (χ4n) is 6.32. The number of nitrogens with zero attached hydrogens (tertiary/aromatic N) is 5. The summed E-state index contributed by atoms with van der Waals surface area (Å²) >= 11 is 0. The largest absolute Gasteiger partial charge is 0.367 e. The quantitative estimate of drug-likeness (QED) is 0.547. The molecule has 2 aromatic heterocycles. The SMILES string of the molecule is CCn1cc(C(=O)N2CC[C@@H]3C[C@H]2Cn2c3cccc2=O)c(=O)c2cc(F)c(N3CCN(C)CC3)cc21. The van der Waals surface area contributed by atoms with Crippen LogP contribution in [0.25, 0.3) is 10.9 Å². The van der Waals surface area contributed by atoms with Crippen molar-refractivity contribution in [1.29, 1.82) is 0 Å². The highest BCUT2D eigenvalue weighted by atomic mass is 19.1. The van der Waals surface area contributed by atoms with E-state index in [1.54, 1.807) is 33.9 Å². The molecule has 3 aliphatic rings. The summed E-state index contributed by atoms with van der Waals surface area (Å²) in [5, 5.41) is 0.225. The first-order chi connectivity index (χ1) is 17.9. The lowest BCUT2D eigenvalue weighted by atomic mass is 9.84. The molecule has 0 radical (unpaired) electrons. The Morgan fingerprint density at radius 2 is 1.86 bits per heavy atom. The molecule has 9 heteroatoms. The minimum Gasteiger partial charge on any atom is -0.367 e. The number of likely N-dealkylation sites (tertiary alicyclic amines) is 1. The maximum atomic E-state index is 15.3. The van der Waals surface area contributed by atoms with E-state index < -0.39 is 11.2 Å². The molecular weight excluding hydrogens is 473 g/mol. The van der Waals surface area contributed by atoms with Crippen LogP contribution in [0.2, 0.25) is 0 Å². The molecule has 2 saturated heterocycles. The minimum atomic E-state index is -0.441. The van der Waals surface area contributed by atoms with E-state index in [0.717, 1.165) is 44.7 Å². The lowest BCUT2D eigenvalue weighted by molar-refractivity contribution is 0.0515. The van der Waals surface area contributed by atoms with Crippen molar-refractivity contribution in [3.8, 4) is 0 Å². The van der Waals surface area contributed by atoms with Crippen LogP contribution < -0.4 is 15.9 Å². The third-order valence-electron chi connectivity index (χ3n) is 8.44. The number of likely N-dealkylation sites (N-methyl/N-ethyl adjacent to an activating group) is 1. The van der Waals surface area contributed by atoms with Gasteiger partial charge in [0.05, 0.1) is 17.2 Å². The standard InChI is InChI=1S/C28H32FN5O3/c1-3-31-17-21(27(36)20-14-22(29)25(15-24(20)31)32-11-9-30(2)10-12-32)28(37)33-8-7-18-13-19(33)16-34-23(18)5-4-6-26(34)35/h4-6,14-15,17-19H,3,7-13,16H2,1-2H3/t18-,19+/m1/s1. The highest BCUT2D eigenvalue weighted by Crippen LogP contribution is 2.36. The number of halogens is 1. The number of hydrogen-bond acceptors (Lipinski definition) is 5. The average molecular weight is 506 g/mol. The summed E-state index contributed by atoms with van der Waals surface area (Å²) in [6, 6.07) is 8.24. The van der Waals surface area contributed by atoms with Gasteiger partial charge in [0.1, 0.15) is 11.4 Å². The van der Waals surface area contributed by atoms with Gasteiger partial charge in [0, 0.05) is 75.1 Å². The van der Waals surface area contributed by atoms with Gasteiger partial charge in [-0.1, -0.05) is 6.07 Å². The number of piperazine rings is 1. The van der Waals surface area contributed by atoms with Gasteiger partial charge in [-0.2, -0.15) is 0 Å². The number of rotatable bonds is 3. The summed E-state index contributed by atoms with van der Waals surface area (Å²) in [4.78, 5) is 45.8. The number of benzene rings is 1. The maximum absolute atomic E-state index is 15.3. The highest BCUT2D eigenvalue weighted by Gasteiger charge is 2.38. The Morgan fingerprint density at radius 3 is 2.62 bits per heavy atom. The number of amides is 1. The second-order valence-electron chi connectivity index (χ2n) is 10.5. The first-order valence-electron chi connectivity index (χ1n) is 13.2. The van der Waals surface area contributed by atoms with Crippen molar-refractivity contribution in [3.05, 3.63) is 74.2 Å². The number of carbonyl (C=O) groups excluding carboxylic acids is 1. The summed E-state index contributed by atoms with van der Waals surface area (Å²) in [6.07, 6.45) is 3.14. The summed E-state index contributed by atoms with van der Waals surface area (Å²) in [5.41, 5.74) is 1.72. The molecule has 3 aromatic rings. The Labute approximate surface area is 214 Å². The number of piperidine rings is 1. The van der Waals surface area contributed by atoms with E-state index in [2.05, 4.69) is 4.90 Å². The Hall–Kier alpha value is -3.46. The second-order valence-corrected chi connectivity index (χ2v) is 10.5. The van der Waals surface area contributed by atoms with E-state index >= 15 is 4.39 Å². The van der Waals surface area contributed by atoms with Gasteiger partial charge >= 0.3 is 0 Å². The van der Waals surface area contributed by atoms with E-state index in [4.69, 9.17) is 0 Å². The number of carbonyl (C=O) groups is 1. The van der Waals surface area contributed by atoms with Gasteiger partial charge in [-0.3, -0.25) is 14.4 Å². The van der Waals surface area contributed by atoms with Crippen molar-refractivity contribution >= 4 is 22.5 Å². The molecule has 2 bridgehead atoms. The van der Waals surface area contributed by atoms with Crippen LogP contribution in [0.4, 0.5) is 10.1 Å². The summed E-state index contributed by atoms with van der Waals surface area (Å²) in [5.74, 6) is -0.554. The molecule has 1 aromatic carbocycles. The van der Waals surface area contributed by atoms with Crippen LogP contribution in [0, 0.1) is 5.82 Å². The van der Waals surface area contributed by atoms with Crippen molar-refractivity contribution in [2.45, 2.75) is 44.8 Å². The van der Waals surface area contributed by atoms with Crippen molar-refractivity contribution in [3.63, 3.8) is 0 Å². The smallest absolute Gasteiger partial charge is 0.259 e. The zero-order valence-corrected chi connectivity index (χ0v) is 21.3. The summed E-state index contributed by atoms with van der Waals surface area (Å²) in [7, 11) is 2.05. The molecule has 194 valence electrons. The van der Waals surface area contributed by atoms with Crippen LogP contribution in [0.3, 0.4) is 0 Å². The van der Waals surface area contributed by atoms with Gasteiger partial charge in [0.2, 0.25) is 5.43 Å². The lowest BCUT2D eigenvalue weighted by Gasteiger charge is -2.44. The predicted octanol–water partition coefficient (Wildman–Crippen LogP) is 2.48. The van der Waals surface area contributed by atoms with Crippen molar-refractivity contribution < 1.29 is 9.18 Å². The topological polar surface area (TPSA) is 70.8 Å². The molecule has 3 aliphatic heterocycles. The first kappa shape index (κ1) is 23.9. The molecule has 37 heavy (non-hydrogen) atoms. The Balaban J connectivity index is 1.37. The van der Waals surface area contributed by atoms with E-state index in [-0.39, 0.29) is 34.4 Å². The van der Waals surface area contributed by atoms with Gasteiger partial charge in [-0.05, 0) is 45.0 Å². The monoisotopic (exact) mass is 505 g/mol. The third-order valence-corrected chi connectivity index (χ3v) is 8.44. The van der Waals surface area contributed by atoms with E-state index in [0.29, 0.717) is 30.8 Å². The van der Waals surface area contributed by atoms with Gasteiger partial charge in [-0.15, -0.1) is 0 Å². The van der Waals surface area contributed by atoms with Gasteiger partial charge in [0.25, 0.3) is 11.5 Å². The molecule has 0 saturated carbocycles. The zero-order valence-electron chi connectivity index (χ0n) is 21.3. The molecule has 0 aliphatic carbocycles. The fourth-order valence-corrected chi connectivity index (χ4v) is 6.32. The number of pyridine rings is 2. The zero-order chi connectivity index (χ0) is 25.8. The summed E-state index contributed by atoms with van der Waals surface area (Å²) < 4.78 is 19.0. The van der Waals surface area contributed by atoms with E-state index in [9.17, 15) is 14.4 Å². The Morgan fingerprint density at radius 1 is 1.08 bits per heavy atom. The van der Waals surface area contributed by atoms with Gasteiger partial charge in [0.15, 0.2) is 0 Å². The maximum Gasteiger partial charge on any atom is 0.259 e. The molecule has 5 heterocycles.